The summed E-state index contributed by atoms with van der Waals surface area (Å²) in [6.45, 7) is 6.81. The molecule has 0 aromatic heterocycles. The van der Waals surface area contributed by atoms with Gasteiger partial charge in [0.15, 0.2) is 0 Å². The normalized spacial score (nSPS) is 17.8. The minimum atomic E-state index is -0.708. The van der Waals surface area contributed by atoms with Crippen LogP contribution in [0.25, 0.3) is 5.76 Å². The maximum atomic E-state index is 13.2. The van der Waals surface area contributed by atoms with Gasteiger partial charge in [0, 0.05) is 13.1 Å². The minimum absolute atomic E-state index is 0.0484. The SMILES string of the molecule is CCN(CC)CCN1C(=O)C(=O)/C(=C(/O)c2cc(OC)ccc2OC)C1c1ccccc1. The smallest absolute Gasteiger partial charge is 0.295 e. The van der Waals surface area contributed by atoms with Crippen LogP contribution in [0.3, 0.4) is 0 Å². The number of ketones is 1. The Hall–Kier alpha value is -3.32. The number of Topliss-reactive ketones (excluding diaryl/α,β-unsaturated/α-hetero) is 1. The molecule has 0 spiro atoms. The number of carbonyl (C=O) groups is 2. The number of benzene rings is 2. The summed E-state index contributed by atoms with van der Waals surface area (Å²) in [6.07, 6.45) is 0. The number of aliphatic hydroxyl groups is 1. The lowest BCUT2D eigenvalue weighted by Gasteiger charge is -2.28. The van der Waals surface area contributed by atoms with E-state index < -0.39 is 17.7 Å². The molecule has 2 aromatic rings. The molecule has 1 amide bonds. The Morgan fingerprint density at radius 1 is 1.03 bits per heavy atom. The standard InChI is InChI=1S/C25H30N2O5/c1-5-26(6-2)14-15-27-22(17-10-8-7-9-11-17)21(24(29)25(27)30)23(28)19-16-18(31-3)12-13-20(19)32-4/h7-13,16,22,28H,5-6,14-15H2,1-4H3/b23-21+. The number of rotatable bonds is 9. The number of methoxy groups -OCH3 is 2. The van der Waals surface area contributed by atoms with Gasteiger partial charge in [0.2, 0.25) is 0 Å². The zero-order chi connectivity index (χ0) is 23.3. The molecule has 1 N–H and O–H groups in total. The lowest BCUT2D eigenvalue weighted by atomic mass is 9.95. The number of likely N-dealkylation sites (tertiary alicyclic amines) is 1. The molecular formula is C25H30N2O5. The number of likely N-dealkylation sites (N-methyl/N-ethyl adjacent to an activating group) is 1. The first-order valence-electron chi connectivity index (χ1n) is 10.7. The summed E-state index contributed by atoms with van der Waals surface area (Å²) < 4.78 is 10.7. The number of carbonyl (C=O) groups excluding carboxylic acids is 2. The van der Waals surface area contributed by atoms with Crippen LogP contribution in [0.4, 0.5) is 0 Å². The van der Waals surface area contributed by atoms with Crippen molar-refractivity contribution in [2.75, 3.05) is 40.4 Å². The zero-order valence-corrected chi connectivity index (χ0v) is 19.0. The Morgan fingerprint density at radius 2 is 1.72 bits per heavy atom. The molecule has 32 heavy (non-hydrogen) atoms. The van der Waals surface area contributed by atoms with Crippen molar-refractivity contribution in [2.24, 2.45) is 0 Å². The maximum Gasteiger partial charge on any atom is 0.295 e. The average Bonchev–Trinajstić information content (AvgIpc) is 3.09. The van der Waals surface area contributed by atoms with E-state index in [1.165, 1.54) is 14.2 Å². The molecule has 1 aliphatic heterocycles. The number of nitrogens with zero attached hydrogens (tertiary/aromatic N) is 2. The van der Waals surface area contributed by atoms with E-state index in [0.717, 1.165) is 18.7 Å². The fraction of sp³-hybridized carbons (Fsp3) is 0.360. The third kappa shape index (κ3) is 4.48. The number of hydrogen-bond acceptors (Lipinski definition) is 6. The van der Waals surface area contributed by atoms with Gasteiger partial charge in [-0.15, -0.1) is 0 Å². The van der Waals surface area contributed by atoms with Gasteiger partial charge in [0.25, 0.3) is 11.7 Å². The largest absolute Gasteiger partial charge is 0.507 e. The van der Waals surface area contributed by atoms with E-state index in [-0.39, 0.29) is 11.3 Å². The summed E-state index contributed by atoms with van der Waals surface area (Å²) in [6, 6.07) is 13.6. The quantitative estimate of drug-likeness (QED) is 0.367. The van der Waals surface area contributed by atoms with Crippen LogP contribution in [0.15, 0.2) is 54.1 Å². The zero-order valence-electron chi connectivity index (χ0n) is 19.0. The maximum absolute atomic E-state index is 13.2. The Kier molecular flexibility index (Phi) is 7.53. The summed E-state index contributed by atoms with van der Waals surface area (Å²) in [5.41, 5.74) is 1.11. The average molecular weight is 439 g/mol. The first-order valence-corrected chi connectivity index (χ1v) is 10.7. The van der Waals surface area contributed by atoms with Gasteiger partial charge in [-0.25, -0.2) is 0 Å². The van der Waals surface area contributed by atoms with Crippen LogP contribution < -0.4 is 9.47 Å². The third-order valence-corrected chi connectivity index (χ3v) is 5.87. The molecular weight excluding hydrogens is 408 g/mol. The predicted molar refractivity (Wildman–Crippen MR) is 123 cm³/mol. The molecule has 170 valence electrons. The van der Waals surface area contributed by atoms with E-state index in [9.17, 15) is 14.7 Å². The van der Waals surface area contributed by atoms with Crippen molar-refractivity contribution in [2.45, 2.75) is 19.9 Å². The second-order valence-corrected chi connectivity index (χ2v) is 7.50. The Morgan fingerprint density at radius 3 is 2.31 bits per heavy atom. The Labute approximate surface area is 188 Å². The van der Waals surface area contributed by atoms with Crippen LogP contribution in [0.1, 0.15) is 31.0 Å². The van der Waals surface area contributed by atoms with Gasteiger partial charge in [-0.05, 0) is 36.9 Å². The summed E-state index contributed by atoms with van der Waals surface area (Å²) in [4.78, 5) is 30.0. The molecule has 1 unspecified atom stereocenters. The summed E-state index contributed by atoms with van der Waals surface area (Å²) >= 11 is 0. The highest BCUT2D eigenvalue weighted by molar-refractivity contribution is 6.46. The second-order valence-electron chi connectivity index (χ2n) is 7.50. The van der Waals surface area contributed by atoms with E-state index in [0.29, 0.717) is 30.2 Å². The van der Waals surface area contributed by atoms with Crippen LogP contribution in [-0.2, 0) is 9.59 Å². The summed E-state index contributed by atoms with van der Waals surface area (Å²) in [5.74, 6) is -0.725. The summed E-state index contributed by atoms with van der Waals surface area (Å²) in [5, 5.41) is 11.3. The van der Waals surface area contributed by atoms with Crippen molar-refractivity contribution in [1.29, 1.82) is 0 Å². The molecule has 1 saturated heterocycles. The van der Waals surface area contributed by atoms with Crippen molar-refractivity contribution < 1.29 is 24.2 Å². The first-order chi connectivity index (χ1) is 15.5. The van der Waals surface area contributed by atoms with Crippen molar-refractivity contribution >= 4 is 17.4 Å². The van der Waals surface area contributed by atoms with Gasteiger partial charge in [0.05, 0.1) is 31.4 Å². The van der Waals surface area contributed by atoms with Crippen LogP contribution in [0, 0.1) is 0 Å². The summed E-state index contributed by atoms with van der Waals surface area (Å²) in [7, 11) is 3.00. The highest BCUT2D eigenvalue weighted by atomic mass is 16.5. The molecule has 7 nitrogen and oxygen atoms in total. The topological polar surface area (TPSA) is 79.3 Å². The molecule has 1 atom stereocenters. The van der Waals surface area contributed by atoms with E-state index in [1.54, 1.807) is 23.1 Å². The van der Waals surface area contributed by atoms with E-state index in [1.807, 2.05) is 30.3 Å². The number of ether oxygens (including phenoxy) is 2. The van der Waals surface area contributed by atoms with Crippen molar-refractivity contribution in [3.63, 3.8) is 0 Å². The number of amides is 1. The number of aliphatic hydroxyl groups excluding tert-OH is 1. The molecule has 0 aliphatic carbocycles. The van der Waals surface area contributed by atoms with E-state index in [4.69, 9.17) is 9.47 Å². The van der Waals surface area contributed by atoms with Crippen LogP contribution in [0.2, 0.25) is 0 Å². The van der Waals surface area contributed by atoms with E-state index in [2.05, 4.69) is 18.7 Å². The van der Waals surface area contributed by atoms with Crippen molar-refractivity contribution in [3.8, 4) is 11.5 Å². The molecule has 0 radical (unpaired) electrons. The molecule has 1 aliphatic rings. The second kappa shape index (κ2) is 10.3. The van der Waals surface area contributed by atoms with Crippen LogP contribution in [0.5, 0.6) is 11.5 Å². The van der Waals surface area contributed by atoms with Crippen LogP contribution >= 0.6 is 0 Å². The van der Waals surface area contributed by atoms with Gasteiger partial charge in [-0.3, -0.25) is 9.59 Å². The molecule has 3 rings (SSSR count). The van der Waals surface area contributed by atoms with Gasteiger partial charge >= 0.3 is 0 Å². The lowest BCUT2D eigenvalue weighted by Crippen LogP contribution is -2.38. The molecule has 0 saturated carbocycles. The molecule has 1 fully saturated rings. The Bertz CT molecular complexity index is 999. The van der Waals surface area contributed by atoms with E-state index >= 15 is 0 Å². The van der Waals surface area contributed by atoms with Crippen molar-refractivity contribution in [3.05, 3.63) is 65.2 Å². The molecule has 0 bridgehead atoms. The fourth-order valence-electron chi connectivity index (χ4n) is 4.03. The predicted octanol–water partition coefficient (Wildman–Crippen LogP) is 3.47. The van der Waals surface area contributed by atoms with Gasteiger partial charge in [-0.2, -0.15) is 0 Å². The lowest BCUT2D eigenvalue weighted by molar-refractivity contribution is -0.140. The van der Waals surface area contributed by atoms with Crippen molar-refractivity contribution in [1.82, 2.24) is 9.80 Å². The molecule has 2 aromatic carbocycles. The Balaban J connectivity index is 2.15. The fourth-order valence-corrected chi connectivity index (χ4v) is 4.03. The monoisotopic (exact) mass is 438 g/mol. The van der Waals surface area contributed by atoms with Gasteiger partial charge in [0.1, 0.15) is 17.3 Å². The van der Waals surface area contributed by atoms with Crippen LogP contribution in [-0.4, -0.2) is 67.0 Å². The number of hydrogen-bond donors (Lipinski definition) is 1. The highest BCUT2D eigenvalue weighted by Crippen LogP contribution is 2.41. The molecule has 1 heterocycles. The minimum Gasteiger partial charge on any atom is -0.507 e. The molecule has 7 heteroatoms. The first kappa shape index (κ1) is 23.3. The van der Waals surface area contributed by atoms with Gasteiger partial charge < -0.3 is 24.4 Å². The van der Waals surface area contributed by atoms with Gasteiger partial charge in [-0.1, -0.05) is 44.2 Å². The highest BCUT2D eigenvalue weighted by Gasteiger charge is 2.46. The third-order valence-electron chi connectivity index (χ3n) is 5.87.